The first-order chi connectivity index (χ1) is 42.6. The lowest BCUT2D eigenvalue weighted by atomic mass is 10.0. The molecule has 0 aromatic rings. The first-order valence-electron chi connectivity index (χ1n) is 35.3. The van der Waals surface area contributed by atoms with Gasteiger partial charge in [0.2, 0.25) is 0 Å². The summed E-state index contributed by atoms with van der Waals surface area (Å²) in [6.07, 6.45) is 93.8. The van der Waals surface area contributed by atoms with Gasteiger partial charge in [-0.1, -0.05) is 289 Å². The zero-order chi connectivity index (χ0) is 63.3. The number of carbonyl (C=O) groups excluding carboxylic acids is 3. The number of allylic oxidation sites excluding steroid dienone is 22. The minimum Gasteiger partial charge on any atom is -0.545 e. The van der Waals surface area contributed by atoms with Gasteiger partial charge in [-0.15, -0.1) is 0 Å². The van der Waals surface area contributed by atoms with Gasteiger partial charge in [0.25, 0.3) is 0 Å². The van der Waals surface area contributed by atoms with Crippen LogP contribution >= 0.6 is 0 Å². The summed E-state index contributed by atoms with van der Waals surface area (Å²) in [6.45, 7) is 4.62. The zero-order valence-electron chi connectivity index (χ0n) is 56.6. The van der Waals surface area contributed by atoms with Crippen molar-refractivity contribution in [1.82, 2.24) is 0 Å². The van der Waals surface area contributed by atoms with E-state index in [2.05, 4.69) is 148 Å². The second-order valence-electron chi connectivity index (χ2n) is 24.4. The molecule has 2 atom stereocenters. The van der Waals surface area contributed by atoms with E-state index in [9.17, 15) is 19.5 Å². The fourth-order valence-electron chi connectivity index (χ4n) is 9.50. The predicted molar refractivity (Wildman–Crippen MR) is 370 cm³/mol. The quantitative estimate of drug-likeness (QED) is 0.0195. The van der Waals surface area contributed by atoms with E-state index in [1.54, 1.807) is 0 Å². The second-order valence-corrected chi connectivity index (χ2v) is 24.4. The Balaban J connectivity index is 4.13. The fourth-order valence-corrected chi connectivity index (χ4v) is 9.50. The molecule has 0 radical (unpaired) electrons. The number of unbranched alkanes of at least 4 members (excludes halogenated alkanes) is 27. The van der Waals surface area contributed by atoms with Crippen LogP contribution in [-0.4, -0.2) is 82.3 Å². The summed E-state index contributed by atoms with van der Waals surface area (Å²) in [4.78, 5) is 37.5. The zero-order valence-corrected chi connectivity index (χ0v) is 56.6. The van der Waals surface area contributed by atoms with Gasteiger partial charge in [0.15, 0.2) is 12.4 Å². The number of quaternary nitrogens is 1. The molecule has 2 unspecified atom stereocenters. The number of hydrogen-bond donors (Lipinski definition) is 0. The molecule has 0 fully saturated rings. The van der Waals surface area contributed by atoms with Crippen LogP contribution in [0.25, 0.3) is 0 Å². The Hall–Kier alpha value is -4.57. The van der Waals surface area contributed by atoms with Crippen LogP contribution in [0.15, 0.2) is 134 Å². The van der Waals surface area contributed by atoms with Gasteiger partial charge in [0.1, 0.15) is 13.2 Å². The number of ether oxygens (including phenoxy) is 4. The van der Waals surface area contributed by atoms with E-state index in [4.69, 9.17) is 18.9 Å². The highest BCUT2D eigenvalue weighted by Gasteiger charge is 2.22. The minimum absolute atomic E-state index is 0.141. The van der Waals surface area contributed by atoms with Crippen LogP contribution in [0.5, 0.6) is 0 Å². The first-order valence-corrected chi connectivity index (χ1v) is 35.3. The summed E-state index contributed by atoms with van der Waals surface area (Å²) in [5.74, 6) is -2.29. The number of aliphatic carboxylic acids is 1. The molecule has 0 spiro atoms. The van der Waals surface area contributed by atoms with Crippen LogP contribution in [-0.2, 0) is 33.3 Å². The van der Waals surface area contributed by atoms with Crippen LogP contribution in [0.4, 0.5) is 0 Å². The van der Waals surface area contributed by atoms with Gasteiger partial charge in [0, 0.05) is 12.8 Å². The van der Waals surface area contributed by atoms with E-state index >= 15 is 0 Å². The predicted octanol–water partition coefficient (Wildman–Crippen LogP) is 20.8. The number of esters is 2. The lowest BCUT2D eigenvalue weighted by Crippen LogP contribution is -2.44. The van der Waals surface area contributed by atoms with Gasteiger partial charge in [0.05, 0.1) is 40.3 Å². The molecular formula is C78H131NO8. The van der Waals surface area contributed by atoms with E-state index in [-0.39, 0.29) is 38.6 Å². The molecule has 0 saturated carbocycles. The van der Waals surface area contributed by atoms with Crippen molar-refractivity contribution in [1.29, 1.82) is 0 Å². The van der Waals surface area contributed by atoms with Crippen molar-refractivity contribution in [3.8, 4) is 0 Å². The Bertz CT molecular complexity index is 1890. The molecule has 0 aromatic heterocycles. The van der Waals surface area contributed by atoms with Crippen molar-refractivity contribution in [2.24, 2.45) is 0 Å². The Morgan fingerprint density at radius 3 is 0.977 bits per heavy atom. The summed E-state index contributed by atoms with van der Waals surface area (Å²) in [5.41, 5.74) is 0. The van der Waals surface area contributed by atoms with Crippen molar-refractivity contribution in [2.75, 3.05) is 47.5 Å². The number of carbonyl (C=O) groups is 3. The number of nitrogens with zero attached hydrogens (tertiary/aromatic N) is 1. The summed E-state index contributed by atoms with van der Waals surface area (Å²) in [7, 11) is 5.92. The molecule has 0 N–H and O–H groups in total. The minimum atomic E-state index is -1.63. The molecule has 87 heavy (non-hydrogen) atoms. The number of carboxylic acids is 1. The summed E-state index contributed by atoms with van der Waals surface area (Å²) >= 11 is 0. The SMILES string of the molecule is CC/C=C\C/C=C\C/C=C\C/C=C\C/C=C\C/C=C\C/C=C\C/C=C\CCCCCCCCCCCCCCCCC(=O)OC(COC(=O)CCCCCCCCCC/C=C\C/C=C\C/C=C\CCCCCCC)COC(OCC[N+](C)(C)C)C(=O)[O-]. The standard InChI is InChI=1S/C78H131NO8/c1-6-8-10-12-14-16-18-20-22-24-26-28-30-31-32-33-34-35-36-37-38-39-40-41-42-43-44-45-47-49-51-53-55-57-59-61-63-65-67-69-76(81)87-74(73-86-78(77(82)83)84-71-70-79(3,4)5)72-85-75(80)68-66-64-62-60-58-56-54-52-50-48-46-29-27-25-23-21-19-17-15-13-11-9-7-2/h8,10,14,16,19-22,25-28,31-32,34-35,37-38,40-41,46,48,74,78H,6-7,9,11-13,15,17-18,23-24,29-30,33,36,39,42-45,47,49-73H2,1-5H3/b10-8-,16-14-,21-19-,22-20-,27-25-,28-26-,32-31-,35-34-,38-37-,41-40-,48-46-. The van der Waals surface area contributed by atoms with Crippen molar-refractivity contribution in [2.45, 2.75) is 296 Å². The molecule has 9 nitrogen and oxygen atoms in total. The molecule has 0 aliphatic carbocycles. The Morgan fingerprint density at radius 2 is 0.655 bits per heavy atom. The fraction of sp³-hybridized carbons (Fsp3) is 0.679. The summed E-state index contributed by atoms with van der Waals surface area (Å²) in [5, 5.41) is 11.8. The van der Waals surface area contributed by atoms with Crippen LogP contribution in [0.2, 0.25) is 0 Å². The topological polar surface area (TPSA) is 111 Å². The van der Waals surface area contributed by atoms with E-state index in [0.29, 0.717) is 17.4 Å². The van der Waals surface area contributed by atoms with Gasteiger partial charge in [-0.3, -0.25) is 9.59 Å². The number of carboxylic acid groups (broad SMARTS) is 1. The normalized spacial score (nSPS) is 13.5. The van der Waals surface area contributed by atoms with Crippen LogP contribution < -0.4 is 5.11 Å². The van der Waals surface area contributed by atoms with Crippen molar-refractivity contribution in [3.05, 3.63) is 134 Å². The highest BCUT2D eigenvalue weighted by molar-refractivity contribution is 5.70. The van der Waals surface area contributed by atoms with Gasteiger partial charge < -0.3 is 33.3 Å². The molecule has 0 saturated heterocycles. The van der Waals surface area contributed by atoms with Gasteiger partial charge in [-0.2, -0.15) is 0 Å². The molecular weight excluding hydrogens is 1080 g/mol. The molecule has 0 bridgehead atoms. The number of likely N-dealkylation sites (N-methyl/N-ethyl adjacent to an activating group) is 1. The summed E-state index contributed by atoms with van der Waals surface area (Å²) in [6, 6.07) is 0. The van der Waals surface area contributed by atoms with Crippen LogP contribution in [0, 0.1) is 0 Å². The Morgan fingerprint density at radius 1 is 0.356 bits per heavy atom. The third kappa shape index (κ3) is 68.8. The molecule has 0 aromatic carbocycles. The van der Waals surface area contributed by atoms with Crippen LogP contribution in [0.1, 0.15) is 284 Å². The number of rotatable bonds is 64. The smallest absolute Gasteiger partial charge is 0.306 e. The molecule has 0 rings (SSSR count). The molecule has 0 heterocycles. The first kappa shape index (κ1) is 82.4. The van der Waals surface area contributed by atoms with Crippen molar-refractivity contribution >= 4 is 17.9 Å². The highest BCUT2D eigenvalue weighted by atomic mass is 16.7. The second kappa shape index (κ2) is 67.4. The third-order valence-electron chi connectivity index (χ3n) is 14.9. The largest absolute Gasteiger partial charge is 0.545 e. The monoisotopic (exact) mass is 1210 g/mol. The lowest BCUT2D eigenvalue weighted by Gasteiger charge is -2.26. The maximum Gasteiger partial charge on any atom is 0.306 e. The van der Waals surface area contributed by atoms with Gasteiger partial charge >= 0.3 is 11.9 Å². The average Bonchev–Trinajstić information content (AvgIpc) is 3.55. The van der Waals surface area contributed by atoms with Crippen molar-refractivity contribution in [3.63, 3.8) is 0 Å². The summed E-state index contributed by atoms with van der Waals surface area (Å²) < 4.78 is 22.8. The molecule has 0 aliphatic rings. The van der Waals surface area contributed by atoms with Crippen LogP contribution in [0.3, 0.4) is 0 Å². The van der Waals surface area contributed by atoms with Gasteiger partial charge in [-0.05, 0) is 116 Å². The maximum absolute atomic E-state index is 12.9. The van der Waals surface area contributed by atoms with E-state index in [1.807, 2.05) is 21.1 Å². The highest BCUT2D eigenvalue weighted by Crippen LogP contribution is 2.16. The molecule has 496 valence electrons. The molecule has 0 aliphatic heterocycles. The lowest BCUT2D eigenvalue weighted by molar-refractivity contribution is -0.870. The number of hydrogen-bond acceptors (Lipinski definition) is 8. The Kier molecular flexibility index (Phi) is 63.8. The average molecular weight is 1210 g/mol. The third-order valence-corrected chi connectivity index (χ3v) is 14.9. The van der Waals surface area contributed by atoms with E-state index in [1.165, 1.54) is 135 Å². The van der Waals surface area contributed by atoms with E-state index < -0.39 is 24.3 Å². The Labute approximate surface area is 535 Å². The van der Waals surface area contributed by atoms with Crippen molar-refractivity contribution < 1.29 is 42.9 Å². The molecule has 9 heteroatoms. The van der Waals surface area contributed by atoms with E-state index in [0.717, 1.165) is 116 Å². The molecule has 0 amide bonds. The van der Waals surface area contributed by atoms with Gasteiger partial charge in [-0.25, -0.2) is 0 Å². The maximum atomic E-state index is 12.9.